The second-order valence-corrected chi connectivity index (χ2v) is 7.43. The molecule has 6 heteroatoms. The summed E-state index contributed by atoms with van der Waals surface area (Å²) in [6, 6.07) is 8.74. The fraction of sp³-hybridized carbons (Fsp3) is 0.562. The minimum Gasteiger partial charge on any atom is -0.338 e. The number of rotatable bonds is 7. The highest BCUT2D eigenvalue weighted by atomic mass is 79.9. The average molecular weight is 408 g/mol. The van der Waals surface area contributed by atoms with Crippen LogP contribution in [-0.4, -0.2) is 42.7 Å². The Morgan fingerprint density at radius 3 is 2.82 bits per heavy atom. The van der Waals surface area contributed by atoms with E-state index in [4.69, 9.17) is 0 Å². The molecule has 1 aliphatic heterocycles. The molecule has 1 aromatic carbocycles. The molecular formula is C16H24BrClN2OS. The van der Waals surface area contributed by atoms with Crippen molar-refractivity contribution in [3.05, 3.63) is 28.7 Å². The van der Waals surface area contributed by atoms with Gasteiger partial charge in [0.15, 0.2) is 0 Å². The quantitative estimate of drug-likeness (QED) is 0.548. The molecule has 0 aliphatic carbocycles. The maximum absolute atomic E-state index is 12.3. The zero-order valence-electron chi connectivity index (χ0n) is 12.9. The Balaban J connectivity index is 0.00000242. The first-order valence-corrected chi connectivity index (χ1v) is 9.31. The smallest absolute Gasteiger partial charge is 0.222 e. The summed E-state index contributed by atoms with van der Waals surface area (Å²) >= 11 is 5.26. The van der Waals surface area contributed by atoms with Crippen molar-refractivity contribution in [2.24, 2.45) is 0 Å². The molecule has 1 saturated heterocycles. The summed E-state index contributed by atoms with van der Waals surface area (Å²) in [7, 11) is 1.95. The van der Waals surface area contributed by atoms with Crippen LogP contribution in [0.3, 0.4) is 0 Å². The van der Waals surface area contributed by atoms with Crippen molar-refractivity contribution in [1.29, 1.82) is 0 Å². The number of carbonyl (C=O) groups is 1. The van der Waals surface area contributed by atoms with Gasteiger partial charge in [0.2, 0.25) is 5.91 Å². The molecule has 0 aromatic heterocycles. The Kier molecular flexibility index (Phi) is 9.48. The van der Waals surface area contributed by atoms with Crippen LogP contribution in [0.1, 0.15) is 25.7 Å². The summed E-state index contributed by atoms with van der Waals surface area (Å²) in [5, 5.41) is 3.19. The molecule has 124 valence electrons. The third-order valence-corrected chi connectivity index (χ3v) is 5.38. The first-order chi connectivity index (χ1) is 10.2. The monoisotopic (exact) mass is 406 g/mol. The van der Waals surface area contributed by atoms with E-state index in [9.17, 15) is 4.79 Å². The summed E-state index contributed by atoms with van der Waals surface area (Å²) in [6.07, 6.45) is 3.90. The molecule has 1 amide bonds. The molecule has 1 fully saturated rings. The molecule has 1 N–H and O–H groups in total. The molecule has 1 aliphatic rings. The first kappa shape index (κ1) is 19.8. The summed E-state index contributed by atoms with van der Waals surface area (Å²) in [5.74, 6) is 1.32. The molecule has 1 unspecified atom stereocenters. The zero-order chi connectivity index (χ0) is 15.1. The summed E-state index contributed by atoms with van der Waals surface area (Å²) in [5.41, 5.74) is 0. The van der Waals surface area contributed by atoms with E-state index in [2.05, 4.69) is 50.4 Å². The number of amides is 1. The number of carbonyl (C=O) groups excluding carboxylic acids is 1. The largest absolute Gasteiger partial charge is 0.338 e. The predicted molar refractivity (Wildman–Crippen MR) is 100 cm³/mol. The number of hydrogen-bond acceptors (Lipinski definition) is 3. The van der Waals surface area contributed by atoms with Crippen LogP contribution in [0.15, 0.2) is 33.6 Å². The van der Waals surface area contributed by atoms with Crippen molar-refractivity contribution in [1.82, 2.24) is 10.2 Å². The summed E-state index contributed by atoms with van der Waals surface area (Å²) < 4.78 is 1.10. The number of nitrogens with one attached hydrogen (secondary N) is 1. The van der Waals surface area contributed by atoms with Crippen molar-refractivity contribution in [2.75, 3.05) is 25.9 Å². The Labute approximate surface area is 152 Å². The SMILES string of the molecule is CNCC1CCCN1C(=O)CCCSc1ccc(Br)cc1.Cl. The van der Waals surface area contributed by atoms with Gasteiger partial charge in [-0.3, -0.25) is 4.79 Å². The second-order valence-electron chi connectivity index (χ2n) is 5.35. The van der Waals surface area contributed by atoms with Crippen LogP contribution >= 0.6 is 40.1 Å². The molecular weight excluding hydrogens is 384 g/mol. The van der Waals surface area contributed by atoms with Gasteiger partial charge in [-0.15, -0.1) is 24.2 Å². The fourth-order valence-electron chi connectivity index (χ4n) is 2.70. The van der Waals surface area contributed by atoms with Crippen LogP contribution in [0, 0.1) is 0 Å². The molecule has 1 heterocycles. The molecule has 1 aromatic rings. The van der Waals surface area contributed by atoms with E-state index < -0.39 is 0 Å². The molecule has 1 atom stereocenters. The summed E-state index contributed by atoms with van der Waals surface area (Å²) in [6.45, 7) is 1.85. The van der Waals surface area contributed by atoms with Gasteiger partial charge < -0.3 is 10.2 Å². The number of likely N-dealkylation sites (N-methyl/N-ethyl adjacent to an activating group) is 1. The van der Waals surface area contributed by atoms with Crippen LogP contribution in [0.5, 0.6) is 0 Å². The molecule has 0 bridgehead atoms. The van der Waals surface area contributed by atoms with Crippen LogP contribution in [0.2, 0.25) is 0 Å². The molecule has 0 spiro atoms. The molecule has 0 saturated carbocycles. The molecule has 0 radical (unpaired) electrons. The van der Waals surface area contributed by atoms with E-state index >= 15 is 0 Å². The maximum atomic E-state index is 12.3. The highest BCUT2D eigenvalue weighted by Crippen LogP contribution is 2.23. The van der Waals surface area contributed by atoms with Gasteiger partial charge in [0.1, 0.15) is 0 Å². The lowest BCUT2D eigenvalue weighted by molar-refractivity contribution is -0.131. The first-order valence-electron chi connectivity index (χ1n) is 7.53. The van der Waals surface area contributed by atoms with Gasteiger partial charge in [0.25, 0.3) is 0 Å². The minimum atomic E-state index is 0. The predicted octanol–water partition coefficient (Wildman–Crippen LogP) is 3.95. The molecule has 3 nitrogen and oxygen atoms in total. The Morgan fingerprint density at radius 1 is 1.41 bits per heavy atom. The van der Waals surface area contributed by atoms with Crippen LogP contribution < -0.4 is 5.32 Å². The van der Waals surface area contributed by atoms with Gasteiger partial charge in [0.05, 0.1) is 0 Å². The van der Waals surface area contributed by atoms with Gasteiger partial charge in [-0.1, -0.05) is 15.9 Å². The van der Waals surface area contributed by atoms with Gasteiger partial charge >= 0.3 is 0 Å². The number of likely N-dealkylation sites (tertiary alicyclic amines) is 1. The Morgan fingerprint density at radius 2 is 2.14 bits per heavy atom. The fourth-order valence-corrected chi connectivity index (χ4v) is 3.82. The zero-order valence-corrected chi connectivity index (χ0v) is 16.1. The Bertz CT molecular complexity index is 458. The Hall–Kier alpha value is -0.230. The van der Waals surface area contributed by atoms with E-state index in [0.29, 0.717) is 18.4 Å². The lowest BCUT2D eigenvalue weighted by Gasteiger charge is -2.24. The van der Waals surface area contributed by atoms with Crippen LogP contribution in [0.25, 0.3) is 0 Å². The standard InChI is InChI=1S/C16H23BrN2OS.ClH/c1-18-12-14-4-2-10-19(14)16(20)5-3-11-21-15-8-6-13(17)7-9-15;/h6-9,14,18H,2-5,10-12H2,1H3;1H. The van der Waals surface area contributed by atoms with Gasteiger partial charge in [-0.25, -0.2) is 0 Å². The lowest BCUT2D eigenvalue weighted by atomic mass is 10.2. The lowest BCUT2D eigenvalue weighted by Crippen LogP contribution is -2.40. The van der Waals surface area contributed by atoms with E-state index in [1.807, 2.05) is 18.8 Å². The van der Waals surface area contributed by atoms with Crippen molar-refractivity contribution in [2.45, 2.75) is 36.6 Å². The van der Waals surface area contributed by atoms with Gasteiger partial charge in [-0.2, -0.15) is 0 Å². The normalized spacial score (nSPS) is 17.4. The summed E-state index contributed by atoms with van der Waals surface area (Å²) in [4.78, 5) is 15.6. The van der Waals surface area contributed by atoms with E-state index in [0.717, 1.165) is 42.6 Å². The minimum absolute atomic E-state index is 0. The number of nitrogens with zero attached hydrogens (tertiary/aromatic N) is 1. The molecule has 2 rings (SSSR count). The number of benzene rings is 1. The number of halogens is 2. The van der Waals surface area contributed by atoms with E-state index in [1.54, 1.807) is 0 Å². The van der Waals surface area contributed by atoms with Crippen molar-refractivity contribution < 1.29 is 4.79 Å². The highest BCUT2D eigenvalue weighted by molar-refractivity contribution is 9.10. The maximum Gasteiger partial charge on any atom is 0.222 e. The van der Waals surface area contributed by atoms with E-state index in [1.165, 1.54) is 4.90 Å². The van der Waals surface area contributed by atoms with Gasteiger partial charge in [0, 0.05) is 34.9 Å². The van der Waals surface area contributed by atoms with Crippen LogP contribution in [-0.2, 0) is 4.79 Å². The third-order valence-electron chi connectivity index (χ3n) is 3.75. The highest BCUT2D eigenvalue weighted by Gasteiger charge is 2.27. The topological polar surface area (TPSA) is 32.3 Å². The van der Waals surface area contributed by atoms with Crippen molar-refractivity contribution >= 4 is 46.0 Å². The van der Waals surface area contributed by atoms with Crippen molar-refractivity contribution in [3.8, 4) is 0 Å². The van der Waals surface area contributed by atoms with E-state index in [-0.39, 0.29) is 12.4 Å². The number of hydrogen-bond donors (Lipinski definition) is 1. The second kappa shape index (κ2) is 10.5. The van der Waals surface area contributed by atoms with Crippen molar-refractivity contribution in [3.63, 3.8) is 0 Å². The van der Waals surface area contributed by atoms with Crippen LogP contribution in [0.4, 0.5) is 0 Å². The number of thioether (sulfide) groups is 1. The average Bonchev–Trinajstić information content (AvgIpc) is 2.94. The third kappa shape index (κ3) is 6.11. The van der Waals surface area contributed by atoms with Gasteiger partial charge in [-0.05, 0) is 56.3 Å². The molecule has 22 heavy (non-hydrogen) atoms.